The van der Waals surface area contributed by atoms with Crippen molar-refractivity contribution in [3.63, 3.8) is 0 Å². The maximum Gasteiger partial charge on any atom is 0.234 e. The van der Waals surface area contributed by atoms with Gasteiger partial charge in [-0.1, -0.05) is 35.5 Å². The number of nitrogens with one attached hydrogen (secondary N) is 1. The molecule has 0 saturated heterocycles. The predicted octanol–water partition coefficient (Wildman–Crippen LogP) is 5.40. The SMILES string of the molecule is CC(=O)c1ccc(NC(=O)CSc2nc(-c3ccc(Cl)cc3)cs2)cc1. The minimum absolute atomic E-state index is 0.00121. The van der Waals surface area contributed by atoms with Gasteiger partial charge in [-0.25, -0.2) is 4.98 Å². The number of Topliss-reactive ketones (excluding diaryl/α,β-unsaturated/α-hetero) is 1. The molecule has 0 aliphatic carbocycles. The standard InChI is InChI=1S/C19H15ClN2O2S2/c1-12(23)13-4-8-16(9-5-13)21-18(24)11-26-19-22-17(10-25-19)14-2-6-15(20)7-3-14/h2-10H,11H2,1H3,(H,21,24). The second kappa shape index (κ2) is 8.49. The van der Waals surface area contributed by atoms with E-state index in [2.05, 4.69) is 10.3 Å². The first kappa shape index (κ1) is 18.6. The number of carbonyl (C=O) groups is 2. The number of aromatic nitrogens is 1. The lowest BCUT2D eigenvalue weighted by molar-refractivity contribution is -0.113. The third-order valence-corrected chi connectivity index (χ3v) is 5.80. The van der Waals surface area contributed by atoms with Gasteiger partial charge in [0.25, 0.3) is 0 Å². The Morgan fingerprint density at radius 3 is 2.46 bits per heavy atom. The lowest BCUT2D eigenvalue weighted by Crippen LogP contribution is -2.14. The maximum atomic E-state index is 12.1. The van der Waals surface area contributed by atoms with Crippen LogP contribution in [0.1, 0.15) is 17.3 Å². The molecule has 0 radical (unpaired) electrons. The number of rotatable bonds is 6. The number of anilines is 1. The molecule has 2 aromatic carbocycles. The summed E-state index contributed by atoms with van der Waals surface area (Å²) in [5.74, 6) is 0.148. The highest BCUT2D eigenvalue weighted by Gasteiger charge is 2.09. The molecule has 3 aromatic rings. The number of benzene rings is 2. The third kappa shape index (κ3) is 4.94. The van der Waals surface area contributed by atoms with Gasteiger partial charge in [0.05, 0.1) is 11.4 Å². The zero-order valence-electron chi connectivity index (χ0n) is 13.9. The van der Waals surface area contributed by atoms with E-state index in [0.29, 0.717) is 16.3 Å². The molecular weight excluding hydrogens is 388 g/mol. The van der Waals surface area contributed by atoms with Crippen LogP contribution < -0.4 is 5.32 Å². The van der Waals surface area contributed by atoms with E-state index in [1.165, 1.54) is 30.0 Å². The first-order valence-electron chi connectivity index (χ1n) is 7.76. The van der Waals surface area contributed by atoms with Crippen LogP contribution in [0.3, 0.4) is 0 Å². The quantitative estimate of drug-likeness (QED) is 0.443. The Kier molecular flexibility index (Phi) is 6.08. The monoisotopic (exact) mass is 402 g/mol. The van der Waals surface area contributed by atoms with Crippen molar-refractivity contribution in [2.24, 2.45) is 0 Å². The molecule has 1 aromatic heterocycles. The molecule has 0 saturated carbocycles. The lowest BCUT2D eigenvalue weighted by Gasteiger charge is -2.05. The topological polar surface area (TPSA) is 59.1 Å². The molecule has 0 aliphatic heterocycles. The number of nitrogens with zero attached hydrogens (tertiary/aromatic N) is 1. The molecule has 1 amide bonds. The number of thioether (sulfide) groups is 1. The van der Waals surface area contributed by atoms with Crippen LogP contribution in [0.2, 0.25) is 5.02 Å². The van der Waals surface area contributed by atoms with E-state index in [1.807, 2.05) is 29.6 Å². The van der Waals surface area contributed by atoms with Crippen molar-refractivity contribution in [3.8, 4) is 11.3 Å². The Hall–Kier alpha value is -2.15. The fourth-order valence-corrected chi connectivity index (χ4v) is 3.95. The van der Waals surface area contributed by atoms with Gasteiger partial charge in [0.2, 0.25) is 5.91 Å². The van der Waals surface area contributed by atoms with E-state index in [1.54, 1.807) is 24.3 Å². The Labute approximate surface area is 164 Å². The molecule has 26 heavy (non-hydrogen) atoms. The number of amides is 1. The largest absolute Gasteiger partial charge is 0.325 e. The van der Waals surface area contributed by atoms with Crippen LogP contribution in [0.4, 0.5) is 5.69 Å². The Bertz CT molecular complexity index is 921. The summed E-state index contributed by atoms with van der Waals surface area (Å²) in [7, 11) is 0. The summed E-state index contributed by atoms with van der Waals surface area (Å²) in [6.45, 7) is 1.51. The minimum atomic E-state index is -0.117. The van der Waals surface area contributed by atoms with Crippen molar-refractivity contribution < 1.29 is 9.59 Å². The smallest absolute Gasteiger partial charge is 0.234 e. The van der Waals surface area contributed by atoms with Crippen molar-refractivity contribution >= 4 is 52.1 Å². The van der Waals surface area contributed by atoms with Crippen LogP contribution in [0.15, 0.2) is 58.3 Å². The molecular formula is C19H15ClN2O2S2. The number of hydrogen-bond donors (Lipinski definition) is 1. The van der Waals surface area contributed by atoms with Gasteiger partial charge in [0.1, 0.15) is 0 Å². The number of ketones is 1. The van der Waals surface area contributed by atoms with E-state index < -0.39 is 0 Å². The van der Waals surface area contributed by atoms with E-state index in [9.17, 15) is 9.59 Å². The Morgan fingerprint density at radius 2 is 1.81 bits per heavy atom. The van der Waals surface area contributed by atoms with Gasteiger partial charge in [-0.3, -0.25) is 9.59 Å². The van der Waals surface area contributed by atoms with Gasteiger partial charge in [-0.2, -0.15) is 0 Å². The van der Waals surface area contributed by atoms with Gasteiger partial charge in [-0.05, 0) is 43.3 Å². The molecule has 132 valence electrons. The van der Waals surface area contributed by atoms with Crippen LogP contribution >= 0.6 is 34.7 Å². The number of thiazole rings is 1. The van der Waals surface area contributed by atoms with Gasteiger partial charge >= 0.3 is 0 Å². The van der Waals surface area contributed by atoms with Gasteiger partial charge in [0.15, 0.2) is 10.1 Å². The molecule has 1 N–H and O–H groups in total. The highest BCUT2D eigenvalue weighted by molar-refractivity contribution is 8.01. The van der Waals surface area contributed by atoms with Crippen molar-refractivity contribution in [2.75, 3.05) is 11.1 Å². The zero-order chi connectivity index (χ0) is 18.5. The molecule has 0 fully saturated rings. The second-order valence-corrected chi connectivity index (χ2v) is 7.99. The van der Waals surface area contributed by atoms with E-state index in [-0.39, 0.29) is 17.4 Å². The van der Waals surface area contributed by atoms with Crippen molar-refractivity contribution in [1.82, 2.24) is 4.98 Å². The van der Waals surface area contributed by atoms with Crippen LogP contribution in [0.25, 0.3) is 11.3 Å². The lowest BCUT2D eigenvalue weighted by atomic mass is 10.1. The summed E-state index contributed by atoms with van der Waals surface area (Å²) in [5.41, 5.74) is 3.15. The number of halogens is 1. The van der Waals surface area contributed by atoms with Gasteiger partial charge < -0.3 is 5.32 Å². The molecule has 4 nitrogen and oxygen atoms in total. The summed E-state index contributed by atoms with van der Waals surface area (Å²) >= 11 is 8.79. The summed E-state index contributed by atoms with van der Waals surface area (Å²) in [6, 6.07) is 14.3. The normalized spacial score (nSPS) is 10.5. The average Bonchev–Trinajstić information content (AvgIpc) is 3.10. The van der Waals surface area contributed by atoms with Crippen LogP contribution in [0.5, 0.6) is 0 Å². The number of hydrogen-bond acceptors (Lipinski definition) is 5. The van der Waals surface area contributed by atoms with Crippen LogP contribution in [0, 0.1) is 0 Å². The van der Waals surface area contributed by atoms with E-state index >= 15 is 0 Å². The first-order chi connectivity index (χ1) is 12.5. The van der Waals surface area contributed by atoms with Crippen molar-refractivity contribution in [3.05, 3.63) is 64.5 Å². The molecule has 3 rings (SSSR count). The predicted molar refractivity (Wildman–Crippen MR) is 108 cm³/mol. The van der Waals surface area contributed by atoms with E-state index in [4.69, 9.17) is 11.6 Å². The van der Waals surface area contributed by atoms with Gasteiger partial charge in [0, 0.05) is 27.2 Å². The fourth-order valence-electron chi connectivity index (χ4n) is 2.19. The van der Waals surface area contributed by atoms with Crippen molar-refractivity contribution in [1.29, 1.82) is 0 Å². The minimum Gasteiger partial charge on any atom is -0.325 e. The molecule has 0 bridgehead atoms. The molecule has 0 aliphatic rings. The van der Waals surface area contributed by atoms with Gasteiger partial charge in [-0.15, -0.1) is 11.3 Å². The molecule has 1 heterocycles. The second-order valence-electron chi connectivity index (χ2n) is 5.48. The average molecular weight is 403 g/mol. The Balaban J connectivity index is 1.54. The summed E-state index contributed by atoms with van der Waals surface area (Å²) in [5, 5.41) is 5.46. The summed E-state index contributed by atoms with van der Waals surface area (Å²) in [6.07, 6.45) is 0. The molecule has 0 spiro atoms. The van der Waals surface area contributed by atoms with E-state index in [0.717, 1.165) is 15.6 Å². The first-order valence-corrected chi connectivity index (χ1v) is 10.0. The fraction of sp³-hybridized carbons (Fsp3) is 0.105. The summed E-state index contributed by atoms with van der Waals surface area (Å²) < 4.78 is 0.831. The molecule has 0 atom stereocenters. The molecule has 0 unspecified atom stereocenters. The summed E-state index contributed by atoms with van der Waals surface area (Å²) in [4.78, 5) is 27.9. The van der Waals surface area contributed by atoms with Crippen LogP contribution in [-0.2, 0) is 4.79 Å². The number of carbonyl (C=O) groups excluding carboxylic acids is 2. The maximum absolute atomic E-state index is 12.1. The van der Waals surface area contributed by atoms with Crippen molar-refractivity contribution in [2.45, 2.75) is 11.3 Å². The zero-order valence-corrected chi connectivity index (χ0v) is 16.3. The van der Waals surface area contributed by atoms with Crippen LogP contribution in [-0.4, -0.2) is 22.4 Å². The third-order valence-electron chi connectivity index (χ3n) is 3.53. The Morgan fingerprint density at radius 1 is 1.12 bits per heavy atom. The highest BCUT2D eigenvalue weighted by Crippen LogP contribution is 2.29. The highest BCUT2D eigenvalue weighted by atomic mass is 35.5. The molecule has 7 heteroatoms.